The summed E-state index contributed by atoms with van der Waals surface area (Å²) in [5, 5.41) is 5.48. The van der Waals surface area contributed by atoms with E-state index in [1.165, 1.54) is 0 Å². The first kappa shape index (κ1) is 20.5. The van der Waals surface area contributed by atoms with E-state index in [1.54, 1.807) is 26.4 Å². The number of para-hydroxylation sites is 1. The van der Waals surface area contributed by atoms with Crippen molar-refractivity contribution >= 4 is 17.6 Å². The van der Waals surface area contributed by atoms with Crippen LogP contribution < -0.4 is 20.1 Å². The molecule has 3 rings (SSSR count). The maximum absolute atomic E-state index is 12.8. The highest BCUT2D eigenvalue weighted by molar-refractivity contribution is 5.89. The fourth-order valence-corrected chi connectivity index (χ4v) is 3.61. The largest absolute Gasteiger partial charge is 0.497 e. The van der Waals surface area contributed by atoms with Crippen molar-refractivity contribution in [2.75, 3.05) is 32.6 Å². The second-order valence-corrected chi connectivity index (χ2v) is 6.85. The Morgan fingerprint density at radius 3 is 2.62 bits per heavy atom. The van der Waals surface area contributed by atoms with Crippen LogP contribution in [0.5, 0.6) is 11.5 Å². The van der Waals surface area contributed by atoms with Gasteiger partial charge in [-0.3, -0.25) is 4.79 Å². The van der Waals surface area contributed by atoms with Gasteiger partial charge in [0, 0.05) is 30.8 Å². The molecule has 0 bridgehead atoms. The van der Waals surface area contributed by atoms with E-state index in [-0.39, 0.29) is 30.9 Å². The Morgan fingerprint density at radius 1 is 1.10 bits per heavy atom. The van der Waals surface area contributed by atoms with Gasteiger partial charge >= 0.3 is 6.03 Å². The molecular formula is C22H27N3O4. The topological polar surface area (TPSA) is 79.9 Å². The first-order chi connectivity index (χ1) is 14.1. The van der Waals surface area contributed by atoms with Gasteiger partial charge in [0.2, 0.25) is 5.91 Å². The molecule has 0 aliphatic carbocycles. The summed E-state index contributed by atoms with van der Waals surface area (Å²) in [5.41, 5.74) is 1.66. The molecule has 1 aliphatic heterocycles. The van der Waals surface area contributed by atoms with Crippen molar-refractivity contribution in [3.8, 4) is 11.5 Å². The van der Waals surface area contributed by atoms with Crippen LogP contribution in [0.3, 0.4) is 0 Å². The van der Waals surface area contributed by atoms with Crippen molar-refractivity contribution in [1.82, 2.24) is 10.2 Å². The molecule has 2 N–H and O–H groups in total. The standard InChI is InChI=1S/C22H27N3O4/c1-28-17-10-11-20(29-2)18(15-17)19-9-6-14-25(19)21(26)12-13-23-22(27)24-16-7-4-3-5-8-16/h3-5,7-8,10-11,15,19H,6,9,12-14H2,1-2H3,(H2,23,24,27). The van der Waals surface area contributed by atoms with E-state index in [0.717, 1.165) is 29.9 Å². The summed E-state index contributed by atoms with van der Waals surface area (Å²) in [7, 11) is 3.25. The monoisotopic (exact) mass is 397 g/mol. The van der Waals surface area contributed by atoms with Crippen molar-refractivity contribution < 1.29 is 19.1 Å². The molecule has 7 nitrogen and oxygen atoms in total. The van der Waals surface area contributed by atoms with Crippen molar-refractivity contribution in [2.24, 2.45) is 0 Å². The molecule has 1 atom stereocenters. The smallest absolute Gasteiger partial charge is 0.319 e. The minimum atomic E-state index is -0.323. The van der Waals surface area contributed by atoms with E-state index in [4.69, 9.17) is 9.47 Å². The molecule has 2 aromatic rings. The first-order valence-corrected chi connectivity index (χ1v) is 9.73. The van der Waals surface area contributed by atoms with Gasteiger partial charge in [-0.15, -0.1) is 0 Å². The molecule has 0 saturated carbocycles. The van der Waals surface area contributed by atoms with Gasteiger partial charge in [0.25, 0.3) is 0 Å². The van der Waals surface area contributed by atoms with Crippen molar-refractivity contribution in [3.63, 3.8) is 0 Å². The molecular weight excluding hydrogens is 370 g/mol. The highest BCUT2D eigenvalue weighted by Crippen LogP contribution is 2.39. The second kappa shape index (κ2) is 9.82. The summed E-state index contributed by atoms with van der Waals surface area (Å²) in [5.74, 6) is 1.49. The lowest BCUT2D eigenvalue weighted by Crippen LogP contribution is -2.35. The Hall–Kier alpha value is -3.22. The Bertz CT molecular complexity index is 841. The van der Waals surface area contributed by atoms with Crippen LogP contribution in [0.4, 0.5) is 10.5 Å². The number of methoxy groups -OCH3 is 2. The molecule has 1 saturated heterocycles. The number of urea groups is 1. The molecule has 1 heterocycles. The lowest BCUT2D eigenvalue weighted by Gasteiger charge is -2.27. The summed E-state index contributed by atoms with van der Waals surface area (Å²) < 4.78 is 10.8. The quantitative estimate of drug-likeness (QED) is 0.748. The average Bonchev–Trinajstić information content (AvgIpc) is 3.23. The maximum Gasteiger partial charge on any atom is 0.319 e. The summed E-state index contributed by atoms with van der Waals surface area (Å²) in [6.07, 6.45) is 2.04. The summed E-state index contributed by atoms with van der Waals surface area (Å²) in [4.78, 5) is 26.7. The molecule has 1 unspecified atom stereocenters. The van der Waals surface area contributed by atoms with Gasteiger partial charge < -0.3 is 25.0 Å². The SMILES string of the molecule is COc1ccc(OC)c(C2CCCN2C(=O)CCNC(=O)Nc2ccccc2)c1. The van der Waals surface area contributed by atoms with E-state index >= 15 is 0 Å². The molecule has 3 amide bonds. The number of amides is 3. The average molecular weight is 397 g/mol. The van der Waals surface area contributed by atoms with E-state index in [9.17, 15) is 9.59 Å². The van der Waals surface area contributed by atoms with Crippen LogP contribution in [0.1, 0.15) is 30.9 Å². The highest BCUT2D eigenvalue weighted by atomic mass is 16.5. The van der Waals surface area contributed by atoms with Crippen LogP contribution >= 0.6 is 0 Å². The third-order valence-electron chi connectivity index (χ3n) is 5.03. The Morgan fingerprint density at radius 2 is 1.90 bits per heavy atom. The van der Waals surface area contributed by atoms with Gasteiger partial charge in [0.1, 0.15) is 11.5 Å². The fraction of sp³-hybridized carbons (Fsp3) is 0.364. The van der Waals surface area contributed by atoms with Crippen LogP contribution in [0.25, 0.3) is 0 Å². The molecule has 29 heavy (non-hydrogen) atoms. The molecule has 0 spiro atoms. The molecule has 2 aromatic carbocycles. The van der Waals surface area contributed by atoms with Crippen molar-refractivity contribution in [3.05, 3.63) is 54.1 Å². The number of hydrogen-bond donors (Lipinski definition) is 2. The second-order valence-electron chi connectivity index (χ2n) is 6.85. The van der Waals surface area contributed by atoms with Crippen LogP contribution in [0.15, 0.2) is 48.5 Å². The third kappa shape index (κ3) is 5.19. The maximum atomic E-state index is 12.8. The predicted octanol–water partition coefficient (Wildman–Crippen LogP) is 3.58. The van der Waals surface area contributed by atoms with Crippen molar-refractivity contribution in [2.45, 2.75) is 25.3 Å². The van der Waals surface area contributed by atoms with Crippen LogP contribution in [0, 0.1) is 0 Å². The normalized spacial score (nSPS) is 15.7. The lowest BCUT2D eigenvalue weighted by atomic mass is 10.0. The van der Waals surface area contributed by atoms with Crippen LogP contribution in [0.2, 0.25) is 0 Å². The van der Waals surface area contributed by atoms with E-state index in [2.05, 4.69) is 10.6 Å². The van der Waals surface area contributed by atoms with Gasteiger partial charge in [0.05, 0.1) is 20.3 Å². The summed E-state index contributed by atoms with van der Waals surface area (Å²) in [6, 6.07) is 14.5. The Balaban J connectivity index is 1.57. The zero-order valence-corrected chi connectivity index (χ0v) is 16.8. The van der Waals surface area contributed by atoms with Gasteiger partial charge in [-0.05, 0) is 43.2 Å². The number of carbonyl (C=O) groups excluding carboxylic acids is 2. The number of ether oxygens (including phenoxy) is 2. The number of carbonyl (C=O) groups is 2. The van der Waals surface area contributed by atoms with E-state index in [0.29, 0.717) is 12.2 Å². The van der Waals surface area contributed by atoms with E-state index < -0.39 is 0 Å². The molecule has 0 aromatic heterocycles. The minimum Gasteiger partial charge on any atom is -0.497 e. The third-order valence-corrected chi connectivity index (χ3v) is 5.03. The number of nitrogens with one attached hydrogen (secondary N) is 2. The predicted molar refractivity (Wildman–Crippen MR) is 111 cm³/mol. The molecule has 154 valence electrons. The number of nitrogens with zero attached hydrogens (tertiary/aromatic N) is 1. The summed E-state index contributed by atoms with van der Waals surface area (Å²) in [6.45, 7) is 0.968. The first-order valence-electron chi connectivity index (χ1n) is 9.73. The number of hydrogen-bond acceptors (Lipinski definition) is 4. The van der Waals surface area contributed by atoms with Crippen molar-refractivity contribution in [1.29, 1.82) is 0 Å². The highest BCUT2D eigenvalue weighted by Gasteiger charge is 2.31. The Kier molecular flexibility index (Phi) is 6.94. The molecule has 1 aliphatic rings. The number of likely N-dealkylation sites (tertiary alicyclic amines) is 1. The zero-order chi connectivity index (χ0) is 20.6. The van der Waals surface area contributed by atoms with Gasteiger partial charge in [-0.1, -0.05) is 18.2 Å². The number of rotatable bonds is 7. The number of anilines is 1. The Labute approximate surface area is 171 Å². The molecule has 1 fully saturated rings. The minimum absolute atomic E-state index is 0.0115. The summed E-state index contributed by atoms with van der Waals surface area (Å²) >= 11 is 0. The van der Waals surface area contributed by atoms with Crippen LogP contribution in [-0.2, 0) is 4.79 Å². The zero-order valence-electron chi connectivity index (χ0n) is 16.8. The molecule has 0 radical (unpaired) electrons. The number of benzene rings is 2. The van der Waals surface area contributed by atoms with Gasteiger partial charge in [-0.25, -0.2) is 4.79 Å². The fourth-order valence-electron chi connectivity index (χ4n) is 3.61. The lowest BCUT2D eigenvalue weighted by molar-refractivity contribution is -0.132. The molecule has 7 heteroatoms. The van der Waals surface area contributed by atoms with Crippen LogP contribution in [-0.4, -0.2) is 44.1 Å². The van der Waals surface area contributed by atoms with E-state index in [1.807, 2.05) is 41.3 Å². The van der Waals surface area contributed by atoms with Gasteiger partial charge in [-0.2, -0.15) is 0 Å². The van der Waals surface area contributed by atoms with Gasteiger partial charge in [0.15, 0.2) is 0 Å².